The number of benzene rings is 1. The van der Waals surface area contributed by atoms with Crippen molar-refractivity contribution in [2.75, 3.05) is 0 Å². The third kappa shape index (κ3) is 2.22. The van der Waals surface area contributed by atoms with Crippen molar-refractivity contribution >= 4 is 27.5 Å². The van der Waals surface area contributed by atoms with Crippen molar-refractivity contribution in [1.82, 2.24) is 9.78 Å². The van der Waals surface area contributed by atoms with Gasteiger partial charge in [-0.1, -0.05) is 11.6 Å². The monoisotopic (exact) mass is 317 g/mol. The molecule has 0 aliphatic rings. The van der Waals surface area contributed by atoms with E-state index in [1.165, 1.54) is 6.07 Å². The van der Waals surface area contributed by atoms with Crippen molar-refractivity contribution in [3.05, 3.63) is 39.2 Å². The van der Waals surface area contributed by atoms with E-state index < -0.39 is 5.82 Å². The molecule has 1 aromatic heterocycles. The third-order valence-corrected chi connectivity index (χ3v) is 3.56. The Hall–Kier alpha value is -0.910. The SMILES string of the molecule is Cn1nc(CN)c(Br)c1-c1ccc(F)c(Cl)c1. The second kappa shape index (κ2) is 4.76. The molecule has 0 atom stereocenters. The molecule has 0 spiro atoms. The lowest BCUT2D eigenvalue weighted by molar-refractivity contribution is 0.628. The lowest BCUT2D eigenvalue weighted by Gasteiger charge is -2.04. The summed E-state index contributed by atoms with van der Waals surface area (Å²) in [5, 5.41) is 4.35. The molecular formula is C11H10BrClFN3. The number of nitrogens with zero attached hydrogens (tertiary/aromatic N) is 2. The third-order valence-electron chi connectivity index (χ3n) is 2.44. The van der Waals surface area contributed by atoms with Gasteiger partial charge in [-0.2, -0.15) is 5.10 Å². The average molecular weight is 319 g/mol. The van der Waals surface area contributed by atoms with Crippen LogP contribution in [0.1, 0.15) is 5.69 Å². The average Bonchev–Trinajstić information content (AvgIpc) is 2.58. The standard InChI is InChI=1S/C11H10BrClFN3/c1-17-11(10(12)9(5-15)16-17)6-2-3-8(14)7(13)4-6/h2-4H,5,15H2,1H3. The van der Waals surface area contributed by atoms with Crippen LogP contribution in [0.3, 0.4) is 0 Å². The molecule has 2 aromatic rings. The van der Waals surface area contributed by atoms with Gasteiger partial charge in [0.25, 0.3) is 0 Å². The normalized spacial score (nSPS) is 10.9. The molecule has 0 unspecified atom stereocenters. The minimum atomic E-state index is -0.437. The summed E-state index contributed by atoms with van der Waals surface area (Å²) in [7, 11) is 1.80. The Morgan fingerprint density at radius 1 is 1.53 bits per heavy atom. The van der Waals surface area contributed by atoms with E-state index in [0.717, 1.165) is 21.4 Å². The van der Waals surface area contributed by atoms with Crippen molar-refractivity contribution in [3.8, 4) is 11.3 Å². The molecule has 17 heavy (non-hydrogen) atoms. The van der Waals surface area contributed by atoms with Gasteiger partial charge in [-0.15, -0.1) is 0 Å². The van der Waals surface area contributed by atoms with E-state index in [0.29, 0.717) is 6.54 Å². The van der Waals surface area contributed by atoms with Crippen LogP contribution in [0.2, 0.25) is 5.02 Å². The molecule has 0 fully saturated rings. The Kier molecular flexibility index (Phi) is 3.51. The minimum absolute atomic E-state index is 0.0879. The Balaban J connectivity index is 2.60. The van der Waals surface area contributed by atoms with Crippen LogP contribution in [0.5, 0.6) is 0 Å². The van der Waals surface area contributed by atoms with E-state index in [-0.39, 0.29) is 5.02 Å². The van der Waals surface area contributed by atoms with Crippen molar-refractivity contribution in [3.63, 3.8) is 0 Å². The fourth-order valence-corrected chi connectivity index (χ4v) is 2.55. The van der Waals surface area contributed by atoms with Crippen molar-refractivity contribution in [2.24, 2.45) is 12.8 Å². The molecule has 2 rings (SSSR count). The number of aromatic nitrogens is 2. The molecule has 1 heterocycles. The smallest absolute Gasteiger partial charge is 0.141 e. The van der Waals surface area contributed by atoms with E-state index in [9.17, 15) is 4.39 Å². The van der Waals surface area contributed by atoms with Crippen molar-refractivity contribution < 1.29 is 4.39 Å². The number of hydrogen-bond donors (Lipinski definition) is 1. The summed E-state index contributed by atoms with van der Waals surface area (Å²) in [5.41, 5.74) is 7.94. The van der Waals surface area contributed by atoms with Gasteiger partial charge in [0.15, 0.2) is 0 Å². The van der Waals surface area contributed by atoms with Gasteiger partial charge in [-0.05, 0) is 34.1 Å². The summed E-state index contributed by atoms with van der Waals surface area (Å²) in [6, 6.07) is 4.56. The van der Waals surface area contributed by atoms with Gasteiger partial charge >= 0.3 is 0 Å². The maximum atomic E-state index is 13.1. The number of rotatable bonds is 2. The Morgan fingerprint density at radius 2 is 2.24 bits per heavy atom. The highest BCUT2D eigenvalue weighted by molar-refractivity contribution is 9.10. The quantitative estimate of drug-likeness (QED) is 0.924. The van der Waals surface area contributed by atoms with Gasteiger partial charge in [0.05, 0.1) is 20.9 Å². The van der Waals surface area contributed by atoms with Crippen LogP contribution in [0.15, 0.2) is 22.7 Å². The fraction of sp³-hybridized carbons (Fsp3) is 0.182. The first-order valence-corrected chi connectivity index (χ1v) is 6.08. The van der Waals surface area contributed by atoms with E-state index in [1.807, 2.05) is 0 Å². The number of nitrogens with two attached hydrogens (primary N) is 1. The highest BCUT2D eigenvalue weighted by Crippen LogP contribution is 2.32. The predicted octanol–water partition coefficient (Wildman–Crippen LogP) is 3.10. The highest BCUT2D eigenvalue weighted by atomic mass is 79.9. The molecule has 0 radical (unpaired) electrons. The fourth-order valence-electron chi connectivity index (χ4n) is 1.64. The highest BCUT2D eigenvalue weighted by Gasteiger charge is 2.15. The molecular weight excluding hydrogens is 308 g/mol. The molecule has 6 heteroatoms. The first-order chi connectivity index (χ1) is 8.04. The largest absolute Gasteiger partial charge is 0.325 e. The molecule has 2 N–H and O–H groups in total. The molecule has 1 aromatic carbocycles. The van der Waals surface area contributed by atoms with Crippen molar-refractivity contribution in [1.29, 1.82) is 0 Å². The summed E-state index contributed by atoms with van der Waals surface area (Å²) in [4.78, 5) is 0. The first-order valence-electron chi connectivity index (χ1n) is 4.91. The van der Waals surface area contributed by atoms with Gasteiger partial charge in [0, 0.05) is 19.2 Å². The van der Waals surface area contributed by atoms with Gasteiger partial charge in [0.2, 0.25) is 0 Å². The first kappa shape index (κ1) is 12.5. The number of halogens is 3. The predicted molar refractivity (Wildman–Crippen MR) is 69.2 cm³/mol. The van der Waals surface area contributed by atoms with Gasteiger partial charge in [-0.3, -0.25) is 4.68 Å². The van der Waals surface area contributed by atoms with Crippen LogP contribution < -0.4 is 5.73 Å². The molecule has 0 aliphatic carbocycles. The molecule has 0 amide bonds. The molecule has 0 bridgehead atoms. The summed E-state index contributed by atoms with van der Waals surface area (Å²) >= 11 is 9.21. The van der Waals surface area contributed by atoms with Crippen LogP contribution in [0, 0.1) is 5.82 Å². The zero-order valence-corrected chi connectivity index (χ0v) is 11.4. The summed E-state index contributed by atoms with van der Waals surface area (Å²) in [6.45, 7) is 0.337. The van der Waals surface area contributed by atoms with E-state index >= 15 is 0 Å². The molecule has 3 nitrogen and oxygen atoms in total. The molecule has 0 saturated carbocycles. The number of hydrogen-bond acceptors (Lipinski definition) is 2. The van der Waals surface area contributed by atoms with Crippen LogP contribution >= 0.6 is 27.5 Å². The van der Waals surface area contributed by atoms with Gasteiger partial charge < -0.3 is 5.73 Å². The summed E-state index contributed by atoms with van der Waals surface area (Å²) in [6.07, 6.45) is 0. The van der Waals surface area contributed by atoms with Crippen LogP contribution in [-0.2, 0) is 13.6 Å². The maximum Gasteiger partial charge on any atom is 0.141 e. The van der Waals surface area contributed by atoms with Gasteiger partial charge in [0.1, 0.15) is 5.82 Å². The molecule has 0 aliphatic heterocycles. The van der Waals surface area contributed by atoms with E-state index in [1.54, 1.807) is 23.9 Å². The zero-order valence-electron chi connectivity index (χ0n) is 9.04. The van der Waals surface area contributed by atoms with E-state index in [4.69, 9.17) is 17.3 Å². The number of aryl methyl sites for hydroxylation is 1. The second-order valence-electron chi connectivity index (χ2n) is 3.57. The molecule has 90 valence electrons. The Morgan fingerprint density at radius 3 is 2.76 bits per heavy atom. The Labute approximate surface area is 112 Å². The van der Waals surface area contributed by atoms with Crippen LogP contribution in [0.4, 0.5) is 4.39 Å². The lowest BCUT2D eigenvalue weighted by atomic mass is 10.1. The zero-order chi connectivity index (χ0) is 12.6. The van der Waals surface area contributed by atoms with E-state index in [2.05, 4.69) is 21.0 Å². The second-order valence-corrected chi connectivity index (χ2v) is 4.77. The summed E-state index contributed by atoms with van der Waals surface area (Å²) in [5.74, 6) is -0.437. The van der Waals surface area contributed by atoms with Gasteiger partial charge in [-0.25, -0.2) is 4.39 Å². The van der Waals surface area contributed by atoms with Crippen LogP contribution in [0.25, 0.3) is 11.3 Å². The minimum Gasteiger partial charge on any atom is -0.325 e. The Bertz CT molecular complexity index is 568. The topological polar surface area (TPSA) is 43.8 Å². The maximum absolute atomic E-state index is 13.1. The van der Waals surface area contributed by atoms with Crippen molar-refractivity contribution in [2.45, 2.75) is 6.54 Å². The summed E-state index contributed by atoms with van der Waals surface area (Å²) < 4.78 is 15.6. The van der Waals surface area contributed by atoms with Crippen LogP contribution in [-0.4, -0.2) is 9.78 Å². The molecule has 0 saturated heterocycles. The lowest BCUT2D eigenvalue weighted by Crippen LogP contribution is -1.99.